The fourth-order valence-corrected chi connectivity index (χ4v) is 7.51. The van der Waals surface area contributed by atoms with Gasteiger partial charge in [0.15, 0.2) is 0 Å². The first-order chi connectivity index (χ1) is 12.3. The van der Waals surface area contributed by atoms with Crippen LogP contribution in [0.5, 0.6) is 0 Å². The molecule has 1 aliphatic carbocycles. The number of benzene rings is 1. The van der Waals surface area contributed by atoms with Crippen LogP contribution in [-0.2, 0) is 14.9 Å². The smallest absolute Gasteiger partial charge is 0.229 e. The Hall–Kier alpha value is -1.65. The lowest BCUT2D eigenvalue weighted by Crippen LogP contribution is -2.69. The van der Waals surface area contributed by atoms with Gasteiger partial charge in [-0.3, -0.25) is 9.69 Å². The van der Waals surface area contributed by atoms with Gasteiger partial charge in [-0.05, 0) is 36.9 Å². The monoisotopic (exact) mass is 334 g/mol. The number of fused-ring (bicyclic) bond motifs is 2. The highest BCUT2D eigenvalue weighted by Crippen LogP contribution is 2.65. The second-order valence-corrected chi connectivity index (χ2v) is 8.78. The summed E-state index contributed by atoms with van der Waals surface area (Å²) in [4.78, 5) is 18.1. The average Bonchev–Trinajstić information content (AvgIpc) is 3.10. The van der Waals surface area contributed by atoms with E-state index in [0.717, 1.165) is 6.54 Å². The molecule has 6 atom stereocenters. The third-order valence-corrected chi connectivity index (χ3v) is 8.22. The van der Waals surface area contributed by atoms with Crippen molar-refractivity contribution in [1.29, 1.82) is 0 Å². The standard InChI is InChI=1S/C21H22N2O2/c24-18-10-16-19-13-9-17-21(6-7-22(17)11-12(13)5-8-25-16)14-3-1-2-4-15(14)23(18)20(19)21/h1-5,13,16-17,19-20H,6-11H2/t13-,16-,17-,19+,20+,21+/m0/s1. The van der Waals surface area contributed by atoms with Gasteiger partial charge in [-0.25, -0.2) is 0 Å². The van der Waals surface area contributed by atoms with Crippen molar-refractivity contribution in [3.8, 4) is 0 Å². The molecule has 2 bridgehead atoms. The predicted octanol–water partition coefficient (Wildman–Crippen LogP) is 2.09. The Kier molecular flexibility index (Phi) is 2.27. The van der Waals surface area contributed by atoms with E-state index >= 15 is 0 Å². The number of hydrogen-bond acceptors (Lipinski definition) is 3. The van der Waals surface area contributed by atoms with Crippen molar-refractivity contribution in [2.75, 3.05) is 24.6 Å². The Labute approximate surface area is 147 Å². The van der Waals surface area contributed by atoms with Gasteiger partial charge in [-0.1, -0.05) is 29.8 Å². The van der Waals surface area contributed by atoms with E-state index in [9.17, 15) is 4.79 Å². The lowest BCUT2D eigenvalue weighted by atomic mass is 9.53. The molecule has 0 radical (unpaired) electrons. The molecular weight excluding hydrogens is 312 g/mol. The Morgan fingerprint density at radius 1 is 1.24 bits per heavy atom. The quantitative estimate of drug-likeness (QED) is 0.681. The molecule has 0 aromatic heterocycles. The summed E-state index contributed by atoms with van der Waals surface area (Å²) in [6.45, 7) is 2.97. The number of anilines is 1. The summed E-state index contributed by atoms with van der Waals surface area (Å²) in [5, 5.41) is 0. The van der Waals surface area contributed by atoms with E-state index in [2.05, 4.69) is 40.1 Å². The van der Waals surface area contributed by atoms with Crippen LogP contribution >= 0.6 is 0 Å². The number of carbonyl (C=O) groups is 1. The topological polar surface area (TPSA) is 32.8 Å². The number of ether oxygens (including phenoxy) is 1. The number of hydrogen-bond donors (Lipinski definition) is 0. The fourth-order valence-electron chi connectivity index (χ4n) is 7.51. The molecule has 4 heteroatoms. The molecular formula is C21H22N2O2. The van der Waals surface area contributed by atoms with Crippen molar-refractivity contribution in [2.24, 2.45) is 11.8 Å². The number of piperidine rings is 2. The molecule has 25 heavy (non-hydrogen) atoms. The first-order valence-corrected chi connectivity index (χ1v) is 9.75. The van der Waals surface area contributed by atoms with Gasteiger partial charge in [0.05, 0.1) is 25.2 Å². The van der Waals surface area contributed by atoms with Crippen LogP contribution in [-0.4, -0.2) is 48.7 Å². The molecule has 1 saturated carbocycles. The Balaban J connectivity index is 1.55. The summed E-state index contributed by atoms with van der Waals surface area (Å²) < 4.78 is 6.25. The van der Waals surface area contributed by atoms with Gasteiger partial charge >= 0.3 is 0 Å². The SMILES string of the molecule is O=C1C[C@@H]2OCC=C3CN4CC[C@]56c7ccccc7N1[C@@H]5[C@@H]2[C@H]3C[C@H]46. The van der Waals surface area contributed by atoms with E-state index in [-0.39, 0.29) is 17.4 Å². The third kappa shape index (κ3) is 1.33. The number of nitrogens with zero attached hydrogens (tertiary/aromatic N) is 2. The highest BCUT2D eigenvalue weighted by atomic mass is 16.5. The van der Waals surface area contributed by atoms with Crippen molar-refractivity contribution in [1.82, 2.24) is 4.90 Å². The van der Waals surface area contributed by atoms with E-state index in [4.69, 9.17) is 4.74 Å². The van der Waals surface area contributed by atoms with Crippen molar-refractivity contribution in [3.63, 3.8) is 0 Å². The van der Waals surface area contributed by atoms with Crippen LogP contribution < -0.4 is 4.90 Å². The van der Waals surface area contributed by atoms with Gasteiger partial charge in [0.1, 0.15) is 0 Å². The van der Waals surface area contributed by atoms with Crippen molar-refractivity contribution in [3.05, 3.63) is 41.5 Å². The van der Waals surface area contributed by atoms with Gasteiger partial charge in [0.25, 0.3) is 0 Å². The zero-order chi connectivity index (χ0) is 16.3. The van der Waals surface area contributed by atoms with Crippen LogP contribution in [0, 0.1) is 11.8 Å². The summed E-state index contributed by atoms with van der Waals surface area (Å²) in [6.07, 6.45) is 5.43. The van der Waals surface area contributed by atoms with Crippen molar-refractivity contribution < 1.29 is 9.53 Å². The molecule has 0 unspecified atom stereocenters. The Bertz CT molecular complexity index is 848. The first kappa shape index (κ1) is 13.5. The lowest BCUT2D eigenvalue weighted by molar-refractivity contribution is -0.132. The van der Waals surface area contributed by atoms with Crippen LogP contribution in [0.4, 0.5) is 5.69 Å². The normalized spacial score (nSPS) is 45.9. The number of rotatable bonds is 0. The number of amides is 1. The van der Waals surface area contributed by atoms with Gasteiger partial charge in [-0.15, -0.1) is 0 Å². The maximum absolute atomic E-state index is 13.2. The van der Waals surface area contributed by atoms with Crippen LogP contribution in [0.15, 0.2) is 35.9 Å². The second kappa shape index (κ2) is 4.18. The molecule has 3 saturated heterocycles. The summed E-state index contributed by atoms with van der Waals surface area (Å²) in [7, 11) is 0. The molecule has 0 N–H and O–H groups in total. The maximum atomic E-state index is 13.2. The average molecular weight is 334 g/mol. The van der Waals surface area contributed by atoms with E-state index < -0.39 is 0 Å². The molecule has 4 nitrogen and oxygen atoms in total. The van der Waals surface area contributed by atoms with Crippen molar-refractivity contribution >= 4 is 11.6 Å². The minimum Gasteiger partial charge on any atom is -0.373 e. The third-order valence-electron chi connectivity index (χ3n) is 8.22. The highest BCUT2D eigenvalue weighted by molar-refractivity contribution is 5.99. The van der Waals surface area contributed by atoms with Gasteiger partial charge in [0, 0.05) is 29.6 Å². The molecule has 1 aromatic carbocycles. The summed E-state index contributed by atoms with van der Waals surface area (Å²) >= 11 is 0. The predicted molar refractivity (Wildman–Crippen MR) is 93.4 cm³/mol. The summed E-state index contributed by atoms with van der Waals surface area (Å²) in [5.41, 5.74) is 4.35. The van der Waals surface area contributed by atoms with Gasteiger partial charge < -0.3 is 9.64 Å². The van der Waals surface area contributed by atoms with E-state index in [1.54, 1.807) is 5.57 Å². The zero-order valence-corrected chi connectivity index (χ0v) is 14.2. The van der Waals surface area contributed by atoms with Gasteiger partial charge in [0.2, 0.25) is 5.91 Å². The molecule has 1 spiro atoms. The largest absolute Gasteiger partial charge is 0.373 e. The lowest BCUT2D eigenvalue weighted by Gasteiger charge is -2.58. The highest BCUT2D eigenvalue weighted by Gasteiger charge is 2.70. The van der Waals surface area contributed by atoms with Crippen LogP contribution in [0.1, 0.15) is 24.8 Å². The second-order valence-electron chi connectivity index (χ2n) is 8.78. The molecule has 5 heterocycles. The molecule has 1 amide bonds. The molecule has 7 rings (SSSR count). The zero-order valence-electron chi connectivity index (χ0n) is 14.2. The summed E-state index contributed by atoms with van der Waals surface area (Å²) in [6, 6.07) is 9.64. The molecule has 6 aliphatic rings. The first-order valence-electron chi connectivity index (χ1n) is 9.75. The molecule has 5 aliphatic heterocycles. The van der Waals surface area contributed by atoms with E-state index in [1.807, 2.05) is 0 Å². The van der Waals surface area contributed by atoms with E-state index in [1.165, 1.54) is 30.6 Å². The summed E-state index contributed by atoms with van der Waals surface area (Å²) in [5.74, 6) is 1.35. The Morgan fingerprint density at radius 2 is 2.16 bits per heavy atom. The minimum absolute atomic E-state index is 0.104. The van der Waals surface area contributed by atoms with Crippen molar-refractivity contribution in [2.45, 2.75) is 42.9 Å². The molecule has 1 aromatic rings. The number of para-hydroxylation sites is 1. The van der Waals surface area contributed by atoms with E-state index in [0.29, 0.717) is 36.9 Å². The van der Waals surface area contributed by atoms with Crippen LogP contribution in [0.3, 0.4) is 0 Å². The minimum atomic E-state index is 0.104. The van der Waals surface area contributed by atoms with Crippen LogP contribution in [0.25, 0.3) is 0 Å². The fraction of sp³-hybridized carbons (Fsp3) is 0.571. The molecule has 128 valence electrons. The van der Waals surface area contributed by atoms with Gasteiger partial charge in [-0.2, -0.15) is 0 Å². The van der Waals surface area contributed by atoms with Crippen LogP contribution in [0.2, 0.25) is 0 Å². The molecule has 4 fully saturated rings. The maximum Gasteiger partial charge on any atom is 0.229 e. The Morgan fingerprint density at radius 3 is 3.12 bits per heavy atom. The number of carbonyl (C=O) groups excluding carboxylic acids is 1.